The molecular formula is C7H12ClN. The summed E-state index contributed by atoms with van der Waals surface area (Å²) in [7, 11) is 0. The Labute approximate surface area is 61.4 Å². The van der Waals surface area contributed by atoms with Crippen molar-refractivity contribution in [3.63, 3.8) is 0 Å². The van der Waals surface area contributed by atoms with E-state index in [4.69, 9.17) is 11.6 Å². The molecule has 0 fully saturated rings. The quantitative estimate of drug-likeness (QED) is 0.471. The van der Waals surface area contributed by atoms with Crippen LogP contribution in [0.15, 0.2) is 23.8 Å². The Morgan fingerprint density at radius 2 is 2.44 bits per heavy atom. The van der Waals surface area contributed by atoms with Gasteiger partial charge in [-0.3, -0.25) is 0 Å². The van der Waals surface area contributed by atoms with Crippen LogP contribution in [-0.2, 0) is 0 Å². The fourth-order valence-electron chi connectivity index (χ4n) is 0.414. The number of allylic oxidation sites excluding steroid dienone is 2. The molecule has 52 valence electrons. The lowest BCUT2D eigenvalue weighted by molar-refractivity contribution is 0.799. The fraction of sp³-hybridized carbons (Fsp3) is 0.429. The second kappa shape index (κ2) is 5.86. The monoisotopic (exact) mass is 145 g/mol. The molecule has 0 bridgehead atoms. The first kappa shape index (κ1) is 8.73. The van der Waals surface area contributed by atoms with Crippen LogP contribution >= 0.6 is 11.6 Å². The smallest absolute Gasteiger partial charge is 0.0331 e. The zero-order chi connectivity index (χ0) is 7.11. The molecule has 0 aliphatic rings. The Bertz CT molecular complexity index is 107. The maximum absolute atomic E-state index is 5.45. The maximum Gasteiger partial charge on any atom is 0.0331 e. The molecular weight excluding hydrogens is 134 g/mol. The first-order valence-corrected chi connectivity index (χ1v) is 3.36. The van der Waals surface area contributed by atoms with Crippen molar-refractivity contribution in [1.29, 1.82) is 0 Å². The van der Waals surface area contributed by atoms with Gasteiger partial charge in [0.25, 0.3) is 0 Å². The van der Waals surface area contributed by atoms with Crippen LogP contribution in [-0.4, -0.2) is 13.1 Å². The molecule has 0 heterocycles. The van der Waals surface area contributed by atoms with E-state index < -0.39 is 0 Å². The second-order valence-corrected chi connectivity index (χ2v) is 2.14. The molecule has 0 saturated carbocycles. The van der Waals surface area contributed by atoms with Crippen molar-refractivity contribution >= 4 is 11.6 Å². The summed E-state index contributed by atoms with van der Waals surface area (Å²) in [5.74, 6) is 0. The minimum Gasteiger partial charge on any atom is -0.314 e. The highest BCUT2D eigenvalue weighted by molar-refractivity contribution is 6.30. The Morgan fingerprint density at radius 1 is 1.78 bits per heavy atom. The third-order valence-corrected chi connectivity index (χ3v) is 0.937. The van der Waals surface area contributed by atoms with Gasteiger partial charge in [0.05, 0.1) is 0 Å². The van der Waals surface area contributed by atoms with Crippen molar-refractivity contribution in [2.45, 2.75) is 6.92 Å². The van der Waals surface area contributed by atoms with E-state index in [0.29, 0.717) is 5.03 Å². The van der Waals surface area contributed by atoms with Gasteiger partial charge in [0.2, 0.25) is 0 Å². The molecule has 0 spiro atoms. The van der Waals surface area contributed by atoms with Crippen molar-refractivity contribution in [1.82, 2.24) is 5.32 Å². The molecule has 1 N–H and O–H groups in total. The largest absolute Gasteiger partial charge is 0.314 e. The van der Waals surface area contributed by atoms with Gasteiger partial charge < -0.3 is 5.32 Å². The zero-order valence-electron chi connectivity index (χ0n) is 5.65. The number of likely N-dealkylation sites (N-methyl/N-ethyl adjacent to an activating group) is 1. The zero-order valence-corrected chi connectivity index (χ0v) is 6.41. The van der Waals surface area contributed by atoms with E-state index in [0.717, 1.165) is 13.1 Å². The van der Waals surface area contributed by atoms with Gasteiger partial charge >= 0.3 is 0 Å². The van der Waals surface area contributed by atoms with Gasteiger partial charge in [-0.2, -0.15) is 0 Å². The van der Waals surface area contributed by atoms with E-state index in [1.165, 1.54) is 0 Å². The molecule has 0 unspecified atom stereocenters. The summed E-state index contributed by atoms with van der Waals surface area (Å²) in [6.07, 6.45) is 3.73. The lowest BCUT2D eigenvalue weighted by Crippen LogP contribution is -2.11. The number of rotatable bonds is 4. The number of hydrogen-bond donors (Lipinski definition) is 1. The van der Waals surface area contributed by atoms with Crippen molar-refractivity contribution in [2.24, 2.45) is 0 Å². The van der Waals surface area contributed by atoms with Crippen LogP contribution in [0.2, 0.25) is 0 Å². The molecule has 9 heavy (non-hydrogen) atoms. The Hall–Kier alpha value is -0.270. The number of halogens is 1. The van der Waals surface area contributed by atoms with Gasteiger partial charge in [0, 0.05) is 11.6 Å². The maximum atomic E-state index is 5.45. The first-order chi connectivity index (χ1) is 4.27. The molecule has 0 aromatic carbocycles. The van der Waals surface area contributed by atoms with E-state index in [1.54, 1.807) is 6.08 Å². The average Bonchev–Trinajstić information content (AvgIpc) is 1.80. The summed E-state index contributed by atoms with van der Waals surface area (Å²) < 4.78 is 0. The van der Waals surface area contributed by atoms with Crippen LogP contribution in [0.3, 0.4) is 0 Å². The molecule has 0 rings (SSSR count). The lowest BCUT2D eigenvalue weighted by Gasteiger charge is -1.91. The highest BCUT2D eigenvalue weighted by Gasteiger charge is 1.75. The van der Waals surface area contributed by atoms with Crippen LogP contribution < -0.4 is 5.32 Å². The molecule has 0 aliphatic carbocycles. The Balaban J connectivity index is 3.15. The van der Waals surface area contributed by atoms with Gasteiger partial charge in [0.15, 0.2) is 0 Å². The molecule has 0 saturated heterocycles. The SMILES string of the molecule is C=C(Cl)/C=C\CNCC. The highest BCUT2D eigenvalue weighted by Crippen LogP contribution is 1.95. The van der Waals surface area contributed by atoms with Crippen LogP contribution in [0.5, 0.6) is 0 Å². The van der Waals surface area contributed by atoms with E-state index in [-0.39, 0.29) is 0 Å². The normalized spacial score (nSPS) is 10.4. The first-order valence-electron chi connectivity index (χ1n) is 2.99. The Kier molecular flexibility index (Phi) is 5.68. The minimum atomic E-state index is 0.577. The molecule has 0 radical (unpaired) electrons. The van der Waals surface area contributed by atoms with Gasteiger partial charge in [0.1, 0.15) is 0 Å². The molecule has 0 aromatic rings. The third-order valence-electron chi connectivity index (χ3n) is 0.811. The summed E-state index contributed by atoms with van der Waals surface area (Å²) in [6.45, 7) is 7.41. The molecule has 0 amide bonds. The lowest BCUT2D eigenvalue weighted by atomic mass is 10.5. The summed E-state index contributed by atoms with van der Waals surface area (Å²) in [5.41, 5.74) is 0. The van der Waals surface area contributed by atoms with E-state index in [1.807, 2.05) is 6.08 Å². The summed E-state index contributed by atoms with van der Waals surface area (Å²) >= 11 is 5.45. The fourth-order valence-corrected chi connectivity index (χ4v) is 0.504. The molecule has 0 aromatic heterocycles. The highest BCUT2D eigenvalue weighted by atomic mass is 35.5. The van der Waals surface area contributed by atoms with Crippen LogP contribution in [0.25, 0.3) is 0 Å². The van der Waals surface area contributed by atoms with Crippen molar-refractivity contribution in [3.8, 4) is 0 Å². The van der Waals surface area contributed by atoms with E-state index >= 15 is 0 Å². The summed E-state index contributed by atoms with van der Waals surface area (Å²) in [6, 6.07) is 0. The van der Waals surface area contributed by atoms with Crippen molar-refractivity contribution in [2.75, 3.05) is 13.1 Å². The summed E-state index contributed by atoms with van der Waals surface area (Å²) in [5, 5.41) is 3.69. The van der Waals surface area contributed by atoms with Gasteiger partial charge in [-0.1, -0.05) is 31.2 Å². The van der Waals surface area contributed by atoms with Crippen LogP contribution in [0, 0.1) is 0 Å². The molecule has 0 aliphatic heterocycles. The van der Waals surface area contributed by atoms with Crippen molar-refractivity contribution < 1.29 is 0 Å². The third kappa shape index (κ3) is 7.73. The predicted molar refractivity (Wildman–Crippen MR) is 42.7 cm³/mol. The van der Waals surface area contributed by atoms with Crippen LogP contribution in [0.4, 0.5) is 0 Å². The topological polar surface area (TPSA) is 12.0 Å². The van der Waals surface area contributed by atoms with Gasteiger partial charge in [-0.05, 0) is 12.6 Å². The molecule has 1 nitrogen and oxygen atoms in total. The molecule has 2 heteroatoms. The second-order valence-electron chi connectivity index (χ2n) is 1.66. The minimum absolute atomic E-state index is 0.577. The van der Waals surface area contributed by atoms with Crippen molar-refractivity contribution in [3.05, 3.63) is 23.8 Å². The predicted octanol–water partition coefficient (Wildman–Crippen LogP) is 1.90. The Morgan fingerprint density at radius 3 is 2.89 bits per heavy atom. The van der Waals surface area contributed by atoms with E-state index in [9.17, 15) is 0 Å². The number of hydrogen-bond acceptors (Lipinski definition) is 1. The average molecular weight is 146 g/mol. The molecule has 0 atom stereocenters. The van der Waals surface area contributed by atoms with Crippen LogP contribution in [0.1, 0.15) is 6.92 Å². The summed E-state index contributed by atoms with van der Waals surface area (Å²) in [4.78, 5) is 0. The standard InChI is InChI=1S/C7H12ClN/c1-3-9-6-4-5-7(2)8/h4-5,9H,2-3,6H2,1H3/b5-4-. The van der Waals surface area contributed by atoms with Gasteiger partial charge in [-0.25, -0.2) is 0 Å². The van der Waals surface area contributed by atoms with Gasteiger partial charge in [-0.15, -0.1) is 0 Å². The number of nitrogens with one attached hydrogen (secondary N) is 1. The van der Waals surface area contributed by atoms with E-state index in [2.05, 4.69) is 18.8 Å².